The zero-order chi connectivity index (χ0) is 47.7. The summed E-state index contributed by atoms with van der Waals surface area (Å²) in [5.41, 5.74) is 11.5. The lowest BCUT2D eigenvalue weighted by atomic mass is 9.72. The van der Waals surface area contributed by atoms with Crippen molar-refractivity contribution in [3.8, 4) is 5.75 Å². The normalized spacial score (nSPS) is 16.4. The number of aliphatic hydroxyl groups excluding tert-OH is 1. The topological polar surface area (TPSA) is 91.0 Å². The van der Waals surface area contributed by atoms with Crippen LogP contribution >= 0.6 is 11.8 Å². The molecule has 2 unspecified atom stereocenters. The summed E-state index contributed by atoms with van der Waals surface area (Å²) in [7, 11) is 1.77. The van der Waals surface area contributed by atoms with Gasteiger partial charge in [-0.05, 0) is 174 Å². The highest BCUT2D eigenvalue weighted by Crippen LogP contribution is 2.44. The van der Waals surface area contributed by atoms with Crippen molar-refractivity contribution < 1.29 is 15.1 Å². The molecule has 2 atom stereocenters. The molecule has 0 aliphatic heterocycles. The van der Waals surface area contributed by atoms with Gasteiger partial charge in [0, 0.05) is 35.1 Å². The van der Waals surface area contributed by atoms with Crippen molar-refractivity contribution in [3.63, 3.8) is 0 Å². The maximum Gasteiger partial charge on any atom is 0.143 e. The Morgan fingerprint density at radius 1 is 0.953 bits per heavy atom. The van der Waals surface area contributed by atoms with Crippen LogP contribution in [0.4, 0.5) is 11.4 Å². The lowest BCUT2D eigenvalue weighted by Gasteiger charge is -2.33. The van der Waals surface area contributed by atoms with Crippen LogP contribution in [-0.2, 0) is 0 Å². The van der Waals surface area contributed by atoms with E-state index >= 15 is 0 Å². The fraction of sp³-hybridized carbons (Fsp3) is 0.544. The van der Waals surface area contributed by atoms with Crippen molar-refractivity contribution in [2.75, 3.05) is 37.0 Å². The van der Waals surface area contributed by atoms with Gasteiger partial charge in [0.05, 0.1) is 12.8 Å². The van der Waals surface area contributed by atoms with Gasteiger partial charge < -0.3 is 25.3 Å². The summed E-state index contributed by atoms with van der Waals surface area (Å²) in [5, 5.41) is 19.6. The molecule has 0 saturated heterocycles. The molecule has 0 amide bonds. The number of benzene rings is 3. The van der Waals surface area contributed by atoms with Gasteiger partial charge in [-0.25, -0.2) is 5.90 Å². The number of hydrogen-bond acceptors (Lipinski definition) is 7. The predicted octanol–water partition coefficient (Wildman–Crippen LogP) is 16.7. The summed E-state index contributed by atoms with van der Waals surface area (Å²) in [6.07, 6.45) is 21.9. The molecule has 0 radical (unpaired) electrons. The van der Waals surface area contributed by atoms with Gasteiger partial charge in [-0.1, -0.05) is 133 Å². The van der Waals surface area contributed by atoms with E-state index in [4.69, 9.17) is 9.94 Å². The van der Waals surface area contributed by atoms with E-state index in [9.17, 15) is 5.11 Å². The third-order valence-electron chi connectivity index (χ3n) is 13.1. The molecule has 64 heavy (non-hydrogen) atoms. The Morgan fingerprint density at radius 2 is 1.64 bits per heavy atom. The van der Waals surface area contributed by atoms with Gasteiger partial charge in [-0.3, -0.25) is 0 Å². The molecule has 3 aromatic carbocycles. The molecule has 5 N–H and O–H groups in total. The van der Waals surface area contributed by atoms with E-state index in [2.05, 4.69) is 152 Å². The van der Waals surface area contributed by atoms with Crippen molar-refractivity contribution >= 4 is 28.7 Å². The number of allylic oxidation sites excluding steroid dienone is 7. The molecule has 2 aliphatic rings. The average Bonchev–Trinajstić information content (AvgIpc) is 3.31. The number of aryl methyl sites for hydroxylation is 2. The standard InChI is InChI=1S/C26H38N2OS.C17H24.C14H24O.H3NO/c1-5-16-28(6-2)22-12-15-26(20(3)17-22)30-23-13-14-24(25(18-23)29-4)27-19-21-10-8-7-9-11-21;1-5-14-10-11-17(3,4)12-16(14)15-8-6-13(2)7-9-15;1-6-9-13(10-14(15)8-3)12(5)11(4)7-2;1-2/h12-15,17-18,21,27H,5-11,16,19H2,1-4H3;6-9H,5,10-12H2,1-4H3;6,8-12,15H,7H2,1-5H3;2H,1H2/b;;9-6-,13-10-,14-8+;. The molecule has 6 nitrogen and oxygen atoms in total. The molecule has 2 aliphatic carbocycles. The second-order valence-corrected chi connectivity index (χ2v) is 19.7. The van der Waals surface area contributed by atoms with Crippen molar-refractivity contribution in [1.82, 2.24) is 0 Å². The zero-order valence-corrected chi connectivity index (χ0v) is 43.3. The molecule has 356 valence electrons. The van der Waals surface area contributed by atoms with Crippen LogP contribution in [0, 0.1) is 37.0 Å². The van der Waals surface area contributed by atoms with E-state index in [1.165, 1.54) is 102 Å². The van der Waals surface area contributed by atoms with Crippen LogP contribution in [0.3, 0.4) is 0 Å². The first-order chi connectivity index (χ1) is 30.7. The monoisotopic (exact) mass is 896 g/mol. The van der Waals surface area contributed by atoms with E-state index in [0.29, 0.717) is 23.0 Å². The molecule has 0 aromatic heterocycles. The highest BCUT2D eigenvalue weighted by atomic mass is 32.2. The second kappa shape index (κ2) is 30.3. The third-order valence-corrected chi connectivity index (χ3v) is 14.3. The number of aliphatic hydroxyl groups is 1. The Hall–Kier alpha value is -3.91. The molecule has 0 bridgehead atoms. The minimum Gasteiger partial charge on any atom is -0.508 e. The molecule has 1 saturated carbocycles. The van der Waals surface area contributed by atoms with Gasteiger partial charge in [0.25, 0.3) is 0 Å². The van der Waals surface area contributed by atoms with Crippen LogP contribution in [0.15, 0.2) is 112 Å². The van der Waals surface area contributed by atoms with Crippen LogP contribution in [0.25, 0.3) is 5.57 Å². The number of ether oxygens (including phenoxy) is 1. The van der Waals surface area contributed by atoms with E-state index in [0.717, 1.165) is 43.4 Å². The number of nitrogens with two attached hydrogens (primary N) is 1. The second-order valence-electron chi connectivity index (χ2n) is 18.6. The van der Waals surface area contributed by atoms with Crippen LogP contribution in [0.1, 0.15) is 157 Å². The molecule has 0 heterocycles. The lowest BCUT2D eigenvalue weighted by molar-refractivity contribution is 0.311. The minimum absolute atomic E-state index is 0.346. The fourth-order valence-electron chi connectivity index (χ4n) is 8.58. The summed E-state index contributed by atoms with van der Waals surface area (Å²) in [5.74, 6) is 6.70. The predicted molar refractivity (Wildman–Crippen MR) is 281 cm³/mol. The number of anilines is 2. The van der Waals surface area contributed by atoms with Crippen LogP contribution in [0.2, 0.25) is 0 Å². The van der Waals surface area contributed by atoms with Crippen molar-refractivity contribution in [1.29, 1.82) is 0 Å². The zero-order valence-electron chi connectivity index (χ0n) is 42.4. The van der Waals surface area contributed by atoms with Gasteiger partial charge >= 0.3 is 0 Å². The average molecular weight is 896 g/mol. The van der Waals surface area contributed by atoms with Crippen molar-refractivity contribution in [3.05, 3.63) is 119 Å². The first-order valence-corrected chi connectivity index (χ1v) is 25.2. The van der Waals surface area contributed by atoms with E-state index in [-0.39, 0.29) is 0 Å². The molecular formula is C57H89N3O3S. The fourth-order valence-corrected chi connectivity index (χ4v) is 9.49. The molecule has 1 fully saturated rings. The highest BCUT2D eigenvalue weighted by molar-refractivity contribution is 7.99. The van der Waals surface area contributed by atoms with Gasteiger partial charge in [0.2, 0.25) is 0 Å². The third kappa shape index (κ3) is 18.9. The summed E-state index contributed by atoms with van der Waals surface area (Å²) >= 11 is 1.81. The number of rotatable bonds is 17. The van der Waals surface area contributed by atoms with Crippen LogP contribution in [0.5, 0.6) is 5.75 Å². The van der Waals surface area contributed by atoms with Gasteiger partial charge in [0.1, 0.15) is 11.5 Å². The largest absolute Gasteiger partial charge is 0.508 e. The summed E-state index contributed by atoms with van der Waals surface area (Å²) in [6, 6.07) is 22.4. The Kier molecular flexibility index (Phi) is 26.6. The van der Waals surface area contributed by atoms with Gasteiger partial charge in [-0.15, -0.1) is 0 Å². The van der Waals surface area contributed by atoms with Gasteiger partial charge in [0.15, 0.2) is 0 Å². The Balaban J connectivity index is 0.000000352. The number of hydrogen-bond donors (Lipinski definition) is 4. The Morgan fingerprint density at radius 3 is 2.20 bits per heavy atom. The maximum absolute atomic E-state index is 9.51. The van der Waals surface area contributed by atoms with E-state index in [1.54, 1.807) is 24.3 Å². The first kappa shape index (κ1) is 56.2. The summed E-state index contributed by atoms with van der Waals surface area (Å²) in [4.78, 5) is 4.96. The summed E-state index contributed by atoms with van der Waals surface area (Å²) in [6.45, 7) is 29.6. The lowest BCUT2D eigenvalue weighted by Crippen LogP contribution is -2.23. The molecule has 0 spiro atoms. The SMILES string of the molecule is CCC1=C(c2ccc(C)cc2)CC(C)(C)CC1.CCCN(CC)c1ccc(Sc2ccc(NCC3CCCCC3)c(OC)c2)c(C)c1.C\C=C/C(=C/C(O)=C\C)C(C)C(C)CC.NO. The Bertz CT molecular complexity index is 1910. The molecule has 5 rings (SSSR count). The number of nitrogens with one attached hydrogen (secondary N) is 1. The van der Waals surface area contributed by atoms with E-state index < -0.39 is 0 Å². The summed E-state index contributed by atoms with van der Waals surface area (Å²) < 4.78 is 5.70. The smallest absolute Gasteiger partial charge is 0.143 e. The van der Waals surface area contributed by atoms with Crippen LogP contribution < -0.4 is 20.9 Å². The van der Waals surface area contributed by atoms with E-state index in [1.807, 2.05) is 37.8 Å². The highest BCUT2D eigenvalue weighted by Gasteiger charge is 2.27. The minimum atomic E-state index is 0.346. The molecular weight excluding hydrogens is 807 g/mol. The van der Waals surface area contributed by atoms with Gasteiger partial charge in [-0.2, -0.15) is 0 Å². The van der Waals surface area contributed by atoms with Crippen LogP contribution in [-0.4, -0.2) is 37.1 Å². The molecule has 3 aromatic rings. The number of methoxy groups -OCH3 is 1. The molecule has 7 heteroatoms. The Labute approximate surface area is 395 Å². The maximum atomic E-state index is 9.51. The quantitative estimate of drug-likeness (QED) is 0.0609. The van der Waals surface area contributed by atoms with Crippen molar-refractivity contribution in [2.24, 2.45) is 29.1 Å². The first-order valence-electron chi connectivity index (χ1n) is 24.4. The van der Waals surface area contributed by atoms with Crippen molar-refractivity contribution in [2.45, 2.75) is 164 Å². The number of nitrogens with zero attached hydrogens (tertiary/aromatic N) is 1.